The summed E-state index contributed by atoms with van der Waals surface area (Å²) in [5.41, 5.74) is 4.27. The second-order valence-corrected chi connectivity index (χ2v) is 7.86. The summed E-state index contributed by atoms with van der Waals surface area (Å²) in [6, 6.07) is 6.30. The molecule has 11 heteroatoms. The van der Waals surface area contributed by atoms with Gasteiger partial charge >= 0.3 is 6.01 Å². The molecule has 5 aromatic rings. The Bertz CT molecular complexity index is 1460. The Morgan fingerprint density at radius 1 is 1.24 bits per heavy atom. The van der Waals surface area contributed by atoms with Gasteiger partial charge in [0, 0.05) is 48.4 Å². The van der Waals surface area contributed by atoms with Crippen molar-refractivity contribution in [3.8, 4) is 11.5 Å². The van der Waals surface area contributed by atoms with Gasteiger partial charge in [-0.1, -0.05) is 5.10 Å². The third-order valence-electron chi connectivity index (χ3n) is 5.90. The van der Waals surface area contributed by atoms with Crippen molar-refractivity contribution in [2.24, 2.45) is 0 Å². The number of hydrogen-bond donors (Lipinski definition) is 1. The normalized spacial score (nSPS) is 16.0. The molecule has 166 valence electrons. The van der Waals surface area contributed by atoms with Gasteiger partial charge in [0.25, 0.3) is 6.43 Å². The Balaban J connectivity index is 1.46. The Labute approximate surface area is 186 Å². The molecule has 1 aliphatic rings. The van der Waals surface area contributed by atoms with Crippen molar-refractivity contribution in [2.45, 2.75) is 25.8 Å². The maximum absolute atomic E-state index is 13.6. The molecule has 0 saturated heterocycles. The highest BCUT2D eigenvalue weighted by molar-refractivity contribution is 5.59. The van der Waals surface area contributed by atoms with Gasteiger partial charge in [-0.2, -0.15) is 5.10 Å². The van der Waals surface area contributed by atoms with Crippen LogP contribution in [-0.4, -0.2) is 41.3 Å². The van der Waals surface area contributed by atoms with Crippen LogP contribution in [0.3, 0.4) is 0 Å². The van der Waals surface area contributed by atoms with Gasteiger partial charge < -0.3 is 14.3 Å². The lowest BCUT2D eigenvalue weighted by Gasteiger charge is -2.32. The minimum Gasteiger partial charge on any atom is -0.403 e. The van der Waals surface area contributed by atoms with Crippen molar-refractivity contribution in [1.29, 1.82) is 0 Å². The minimum absolute atomic E-state index is 0.0749. The van der Waals surface area contributed by atoms with Crippen molar-refractivity contribution < 1.29 is 13.2 Å². The molecule has 0 aromatic carbocycles. The van der Waals surface area contributed by atoms with E-state index in [-0.39, 0.29) is 5.56 Å². The zero-order valence-electron chi connectivity index (χ0n) is 17.5. The summed E-state index contributed by atoms with van der Waals surface area (Å²) in [7, 11) is 0. The van der Waals surface area contributed by atoms with Gasteiger partial charge in [0.1, 0.15) is 6.04 Å². The average Bonchev–Trinajstić information content (AvgIpc) is 3.56. The first-order valence-electron chi connectivity index (χ1n) is 10.4. The molecular formula is C22H18F2N8O. The SMILES string of the molecule is Cc1cnccc1-c1nnc(N2CCc3[nH]cnc3[C@@H]2c2cc3c(C(F)F)cccn3n2)o1. The summed E-state index contributed by atoms with van der Waals surface area (Å²) < 4.78 is 34.7. The van der Waals surface area contributed by atoms with Gasteiger partial charge in [-0.25, -0.2) is 18.3 Å². The topological polar surface area (TPSA) is 101 Å². The molecule has 0 saturated carbocycles. The molecule has 0 unspecified atom stereocenters. The summed E-state index contributed by atoms with van der Waals surface area (Å²) in [6.45, 7) is 2.48. The number of nitrogens with zero attached hydrogens (tertiary/aromatic N) is 7. The summed E-state index contributed by atoms with van der Waals surface area (Å²) in [5.74, 6) is 0.381. The summed E-state index contributed by atoms with van der Waals surface area (Å²) in [4.78, 5) is 13.7. The van der Waals surface area contributed by atoms with Crippen molar-refractivity contribution in [2.75, 3.05) is 11.4 Å². The van der Waals surface area contributed by atoms with Crippen molar-refractivity contribution in [3.63, 3.8) is 0 Å². The molecule has 0 aliphatic carbocycles. The van der Waals surface area contributed by atoms with Crippen LogP contribution in [-0.2, 0) is 6.42 Å². The highest BCUT2D eigenvalue weighted by Gasteiger charge is 2.36. The number of aromatic nitrogens is 7. The Morgan fingerprint density at radius 2 is 2.15 bits per heavy atom. The van der Waals surface area contributed by atoms with E-state index < -0.39 is 12.5 Å². The molecule has 9 nitrogen and oxygen atoms in total. The number of aromatic amines is 1. The molecule has 5 aromatic heterocycles. The Hall–Kier alpha value is -4.15. The maximum Gasteiger partial charge on any atom is 0.319 e. The average molecular weight is 448 g/mol. The van der Waals surface area contributed by atoms with Crippen molar-refractivity contribution in [1.82, 2.24) is 34.8 Å². The second-order valence-electron chi connectivity index (χ2n) is 7.86. The third-order valence-corrected chi connectivity index (χ3v) is 5.90. The van der Waals surface area contributed by atoms with E-state index >= 15 is 0 Å². The van der Waals surface area contributed by atoms with E-state index in [1.54, 1.807) is 37.1 Å². The smallest absolute Gasteiger partial charge is 0.319 e. The second kappa shape index (κ2) is 7.47. The Kier molecular flexibility index (Phi) is 4.42. The highest BCUT2D eigenvalue weighted by Crippen LogP contribution is 2.38. The number of pyridine rings is 2. The van der Waals surface area contributed by atoms with E-state index in [1.165, 1.54) is 10.6 Å². The molecule has 0 radical (unpaired) electrons. The van der Waals surface area contributed by atoms with E-state index in [0.717, 1.165) is 22.5 Å². The first-order valence-corrected chi connectivity index (χ1v) is 10.4. The number of alkyl halides is 2. The summed E-state index contributed by atoms with van der Waals surface area (Å²) >= 11 is 0. The predicted octanol–water partition coefficient (Wildman–Crippen LogP) is 3.90. The van der Waals surface area contributed by atoms with Crippen LogP contribution in [0.5, 0.6) is 0 Å². The number of H-pyrrole nitrogens is 1. The number of nitrogens with one attached hydrogen (secondary N) is 1. The number of rotatable bonds is 4. The molecule has 6 heterocycles. The van der Waals surface area contributed by atoms with E-state index in [0.29, 0.717) is 36.1 Å². The lowest BCUT2D eigenvalue weighted by Crippen LogP contribution is -2.36. The predicted molar refractivity (Wildman–Crippen MR) is 114 cm³/mol. The zero-order chi connectivity index (χ0) is 22.5. The van der Waals surface area contributed by atoms with Gasteiger partial charge in [0.15, 0.2) is 0 Å². The van der Waals surface area contributed by atoms with E-state index in [1.807, 2.05) is 17.9 Å². The molecule has 1 atom stereocenters. The van der Waals surface area contributed by atoms with Gasteiger partial charge in [-0.05, 0) is 36.8 Å². The largest absolute Gasteiger partial charge is 0.403 e. The molecule has 0 amide bonds. The monoisotopic (exact) mass is 448 g/mol. The van der Waals surface area contributed by atoms with Crippen LogP contribution in [0.15, 0.2) is 53.6 Å². The molecule has 1 aliphatic heterocycles. The van der Waals surface area contributed by atoms with Gasteiger partial charge in [0.05, 0.1) is 23.2 Å². The molecule has 0 fully saturated rings. The lowest BCUT2D eigenvalue weighted by molar-refractivity contribution is 0.152. The molecular weight excluding hydrogens is 430 g/mol. The molecule has 0 spiro atoms. The molecule has 1 N–H and O–H groups in total. The molecule has 6 rings (SSSR count). The quantitative estimate of drug-likeness (QED) is 0.445. The summed E-state index contributed by atoms with van der Waals surface area (Å²) in [6.07, 6.45) is 4.76. The molecule has 0 bridgehead atoms. The van der Waals surface area contributed by atoms with Gasteiger partial charge in [-0.3, -0.25) is 4.98 Å². The first-order chi connectivity index (χ1) is 16.1. The fourth-order valence-corrected chi connectivity index (χ4v) is 4.31. The number of imidazole rings is 1. The van der Waals surface area contributed by atoms with E-state index in [4.69, 9.17) is 4.42 Å². The maximum atomic E-state index is 13.6. The van der Waals surface area contributed by atoms with Crippen LogP contribution in [0.2, 0.25) is 0 Å². The van der Waals surface area contributed by atoms with Crippen LogP contribution in [0, 0.1) is 6.92 Å². The van der Waals surface area contributed by atoms with Crippen LogP contribution >= 0.6 is 0 Å². The number of anilines is 1. The van der Waals surface area contributed by atoms with E-state index in [2.05, 4.69) is 30.2 Å². The van der Waals surface area contributed by atoms with Crippen molar-refractivity contribution in [3.05, 3.63) is 77.4 Å². The van der Waals surface area contributed by atoms with Crippen LogP contribution < -0.4 is 4.90 Å². The number of hydrogen-bond acceptors (Lipinski definition) is 7. The highest BCUT2D eigenvalue weighted by atomic mass is 19.3. The fourth-order valence-electron chi connectivity index (χ4n) is 4.31. The number of aryl methyl sites for hydroxylation is 1. The molecule has 33 heavy (non-hydrogen) atoms. The van der Waals surface area contributed by atoms with Crippen molar-refractivity contribution >= 4 is 11.5 Å². The van der Waals surface area contributed by atoms with Crippen LogP contribution in [0.1, 0.15) is 40.7 Å². The first kappa shape index (κ1) is 19.5. The van der Waals surface area contributed by atoms with Gasteiger partial charge in [0.2, 0.25) is 5.89 Å². The van der Waals surface area contributed by atoms with Crippen LogP contribution in [0.4, 0.5) is 14.8 Å². The van der Waals surface area contributed by atoms with E-state index in [9.17, 15) is 8.78 Å². The Morgan fingerprint density at radius 3 is 3.00 bits per heavy atom. The number of halogens is 2. The van der Waals surface area contributed by atoms with Gasteiger partial charge in [-0.15, -0.1) is 5.10 Å². The fraction of sp³-hybridized carbons (Fsp3) is 0.227. The standard InChI is InChI=1S/C22H18F2N8O/c1-12-10-25-6-4-13(12)21-28-29-22(33-21)31-8-5-15-18(27-11-26-15)19(31)16-9-17-14(20(23)24)3-2-7-32(17)30-16/h2-4,6-7,9-11,19-20H,5,8H2,1H3,(H,26,27)/t19-/m0/s1. The third kappa shape index (κ3) is 3.15. The minimum atomic E-state index is -2.61. The summed E-state index contributed by atoms with van der Waals surface area (Å²) in [5, 5.41) is 13.1. The number of fused-ring (bicyclic) bond motifs is 2. The van der Waals surface area contributed by atoms with Crippen LogP contribution in [0.25, 0.3) is 17.0 Å². The zero-order valence-corrected chi connectivity index (χ0v) is 17.5. The lowest BCUT2D eigenvalue weighted by atomic mass is 10.00.